The Labute approximate surface area is 145 Å². The average Bonchev–Trinajstić information content (AvgIpc) is 2.53. The Morgan fingerprint density at radius 1 is 1.04 bits per heavy atom. The lowest BCUT2D eigenvalue weighted by molar-refractivity contribution is -0.0720. The van der Waals surface area contributed by atoms with Crippen LogP contribution < -0.4 is 5.32 Å². The topological polar surface area (TPSA) is 75.7 Å². The molecule has 138 valence electrons. The monoisotopic (exact) mass is 358 g/mol. The molecule has 1 N–H and O–H groups in total. The third kappa shape index (κ3) is 5.09. The highest BCUT2D eigenvalue weighted by Gasteiger charge is 2.28. The molecule has 1 aliphatic carbocycles. The maximum absolute atomic E-state index is 12.3. The fourth-order valence-electron chi connectivity index (χ4n) is 3.74. The van der Waals surface area contributed by atoms with Crippen LogP contribution in [0.25, 0.3) is 0 Å². The van der Waals surface area contributed by atoms with Gasteiger partial charge in [0.05, 0.1) is 23.7 Å². The van der Waals surface area contributed by atoms with Crippen molar-refractivity contribution < 1.29 is 17.9 Å². The number of carbonyl (C=O) groups is 1. The summed E-state index contributed by atoms with van der Waals surface area (Å²) < 4.78 is 28.9. The first kappa shape index (κ1) is 18.0. The van der Waals surface area contributed by atoms with Crippen molar-refractivity contribution in [2.45, 2.75) is 63.6 Å². The number of carbonyl (C=O) groups excluding carboxylic acids is 1. The van der Waals surface area contributed by atoms with Gasteiger partial charge in [-0.15, -0.1) is 0 Å². The van der Waals surface area contributed by atoms with Gasteiger partial charge in [0.25, 0.3) is 0 Å². The van der Waals surface area contributed by atoms with Crippen molar-refractivity contribution in [3.8, 4) is 0 Å². The van der Waals surface area contributed by atoms with Crippen LogP contribution in [-0.4, -0.2) is 62.7 Å². The van der Waals surface area contributed by atoms with Crippen molar-refractivity contribution in [3.05, 3.63) is 0 Å². The molecular weight excluding hydrogens is 328 g/mol. The van der Waals surface area contributed by atoms with Crippen LogP contribution in [0, 0.1) is 5.92 Å². The average molecular weight is 359 g/mol. The number of piperidine rings is 1. The van der Waals surface area contributed by atoms with Crippen LogP contribution >= 0.6 is 0 Å². The van der Waals surface area contributed by atoms with Crippen LogP contribution in [0.5, 0.6) is 0 Å². The molecule has 1 saturated carbocycles. The zero-order valence-corrected chi connectivity index (χ0v) is 15.2. The Morgan fingerprint density at radius 2 is 1.75 bits per heavy atom. The molecule has 1 atom stereocenters. The Kier molecular flexibility index (Phi) is 6.02. The van der Waals surface area contributed by atoms with Gasteiger partial charge in [-0.25, -0.2) is 13.2 Å². The number of hydrogen-bond acceptors (Lipinski definition) is 4. The van der Waals surface area contributed by atoms with Gasteiger partial charge in [-0.05, 0) is 57.3 Å². The molecule has 0 aromatic heterocycles. The second kappa shape index (κ2) is 8.04. The molecule has 24 heavy (non-hydrogen) atoms. The fourth-order valence-corrected chi connectivity index (χ4v) is 5.32. The largest absolute Gasteiger partial charge is 0.373 e. The van der Waals surface area contributed by atoms with Gasteiger partial charge in [-0.3, -0.25) is 0 Å². The highest BCUT2D eigenvalue weighted by Crippen LogP contribution is 2.26. The van der Waals surface area contributed by atoms with E-state index in [1.165, 1.54) is 19.3 Å². The van der Waals surface area contributed by atoms with Gasteiger partial charge in [0.15, 0.2) is 0 Å². The molecule has 0 aromatic carbocycles. The number of likely N-dealkylation sites (tertiary alicyclic amines) is 1. The molecule has 3 rings (SSSR count). The molecule has 1 unspecified atom stereocenters. The van der Waals surface area contributed by atoms with Crippen molar-refractivity contribution in [1.82, 2.24) is 10.2 Å². The number of rotatable bonds is 5. The molecule has 0 aromatic rings. The molecular formula is C17H30N2O4S. The third-order valence-corrected chi connectivity index (χ3v) is 7.32. The van der Waals surface area contributed by atoms with Gasteiger partial charge in [0.1, 0.15) is 9.84 Å². The molecule has 3 aliphatic rings. The zero-order valence-electron chi connectivity index (χ0n) is 14.4. The van der Waals surface area contributed by atoms with E-state index in [1.54, 1.807) is 0 Å². The van der Waals surface area contributed by atoms with E-state index in [1.807, 2.05) is 4.90 Å². The minimum atomic E-state index is -2.80. The lowest BCUT2D eigenvalue weighted by Crippen LogP contribution is -2.49. The molecule has 6 nitrogen and oxygen atoms in total. The van der Waals surface area contributed by atoms with Crippen molar-refractivity contribution in [3.63, 3.8) is 0 Å². The molecule has 0 radical (unpaired) electrons. The number of hydrogen-bond donors (Lipinski definition) is 1. The van der Waals surface area contributed by atoms with E-state index in [4.69, 9.17) is 4.74 Å². The molecule has 0 bridgehead atoms. The molecule has 2 aliphatic heterocycles. The molecule has 2 heterocycles. The second-order valence-electron chi connectivity index (χ2n) is 7.52. The number of nitrogens with zero attached hydrogens (tertiary/aromatic N) is 1. The minimum absolute atomic E-state index is 0.000315. The van der Waals surface area contributed by atoms with Gasteiger partial charge in [0, 0.05) is 19.6 Å². The normalized spacial score (nSPS) is 28.3. The summed E-state index contributed by atoms with van der Waals surface area (Å²) in [5, 5.41) is 3.00. The molecule has 7 heteroatoms. The van der Waals surface area contributed by atoms with Gasteiger partial charge in [0.2, 0.25) is 0 Å². The summed E-state index contributed by atoms with van der Waals surface area (Å²) in [5.74, 6) is 1.03. The highest BCUT2D eigenvalue weighted by atomic mass is 32.2. The standard InChI is InChI=1S/C17H30N2O4S/c20-17(18-9-6-14-7-11-24(21,22)12-8-14)19-10-2-5-16(13-19)23-15-3-1-4-15/h14-16H,1-13H2,(H,18,20). The van der Waals surface area contributed by atoms with Crippen LogP contribution in [-0.2, 0) is 14.6 Å². The van der Waals surface area contributed by atoms with Gasteiger partial charge < -0.3 is 15.0 Å². The summed E-state index contributed by atoms with van der Waals surface area (Å²) in [7, 11) is -2.80. The van der Waals surface area contributed by atoms with Crippen molar-refractivity contribution in [2.24, 2.45) is 5.92 Å². The van der Waals surface area contributed by atoms with E-state index in [0.717, 1.165) is 38.6 Å². The first-order valence-corrected chi connectivity index (χ1v) is 11.2. The van der Waals surface area contributed by atoms with Gasteiger partial charge in [-0.1, -0.05) is 0 Å². The van der Waals surface area contributed by atoms with Crippen LogP contribution in [0.4, 0.5) is 4.79 Å². The Balaban J connectivity index is 1.34. The predicted octanol–water partition coefficient (Wildman–Crippen LogP) is 1.94. The lowest BCUT2D eigenvalue weighted by atomic mass is 9.95. The first-order chi connectivity index (χ1) is 11.5. The second-order valence-corrected chi connectivity index (χ2v) is 9.82. The number of ether oxygens (including phenoxy) is 1. The van der Waals surface area contributed by atoms with Crippen LogP contribution in [0.15, 0.2) is 0 Å². The number of urea groups is 1. The van der Waals surface area contributed by atoms with E-state index in [2.05, 4.69) is 5.32 Å². The smallest absolute Gasteiger partial charge is 0.317 e. The fraction of sp³-hybridized carbons (Fsp3) is 0.941. The molecule has 3 fully saturated rings. The van der Waals surface area contributed by atoms with Crippen LogP contribution in [0.1, 0.15) is 51.4 Å². The first-order valence-electron chi connectivity index (χ1n) is 9.40. The number of amides is 2. The molecule has 2 saturated heterocycles. The molecule has 0 spiro atoms. The van der Waals surface area contributed by atoms with E-state index >= 15 is 0 Å². The maximum Gasteiger partial charge on any atom is 0.317 e. The van der Waals surface area contributed by atoms with E-state index < -0.39 is 9.84 Å². The minimum Gasteiger partial charge on any atom is -0.373 e. The quantitative estimate of drug-likeness (QED) is 0.815. The van der Waals surface area contributed by atoms with Gasteiger partial charge in [-0.2, -0.15) is 0 Å². The SMILES string of the molecule is O=C(NCCC1CCS(=O)(=O)CC1)N1CCCC(OC2CCC2)C1. The van der Waals surface area contributed by atoms with E-state index in [0.29, 0.717) is 36.6 Å². The van der Waals surface area contributed by atoms with Crippen LogP contribution in [0.3, 0.4) is 0 Å². The van der Waals surface area contributed by atoms with E-state index in [9.17, 15) is 13.2 Å². The molecule has 2 amide bonds. The van der Waals surface area contributed by atoms with Crippen molar-refractivity contribution >= 4 is 15.9 Å². The summed E-state index contributed by atoms with van der Waals surface area (Å²) >= 11 is 0. The number of nitrogens with one attached hydrogen (secondary N) is 1. The summed E-state index contributed by atoms with van der Waals surface area (Å²) in [5.41, 5.74) is 0. The predicted molar refractivity (Wildman–Crippen MR) is 92.7 cm³/mol. The Morgan fingerprint density at radius 3 is 2.42 bits per heavy atom. The zero-order chi connectivity index (χ0) is 17.0. The summed E-state index contributed by atoms with van der Waals surface area (Å²) in [6.07, 6.45) is 8.61. The number of sulfone groups is 1. The Hall–Kier alpha value is -0.820. The van der Waals surface area contributed by atoms with Gasteiger partial charge >= 0.3 is 6.03 Å². The third-order valence-electron chi connectivity index (χ3n) is 5.61. The summed E-state index contributed by atoms with van der Waals surface area (Å²) in [6, 6.07) is 0.000315. The van der Waals surface area contributed by atoms with Crippen molar-refractivity contribution in [2.75, 3.05) is 31.1 Å². The van der Waals surface area contributed by atoms with Crippen molar-refractivity contribution in [1.29, 1.82) is 0 Å². The summed E-state index contributed by atoms with van der Waals surface area (Å²) in [6.45, 7) is 2.14. The maximum atomic E-state index is 12.3. The lowest BCUT2D eigenvalue weighted by Gasteiger charge is -2.37. The Bertz CT molecular complexity index is 519. The van der Waals surface area contributed by atoms with Crippen LogP contribution in [0.2, 0.25) is 0 Å². The highest BCUT2D eigenvalue weighted by molar-refractivity contribution is 7.91. The summed E-state index contributed by atoms with van der Waals surface area (Å²) in [4.78, 5) is 14.2. The van der Waals surface area contributed by atoms with E-state index in [-0.39, 0.29) is 12.1 Å².